The molecule has 0 bridgehead atoms. The molecular formula is C13H24N2O2. The van der Waals surface area contributed by atoms with E-state index in [4.69, 9.17) is 5.73 Å². The first-order chi connectivity index (χ1) is 8.04. The van der Waals surface area contributed by atoms with E-state index in [0.29, 0.717) is 12.5 Å². The molecule has 1 aliphatic heterocycles. The maximum Gasteiger partial charge on any atom is 0.323 e. The van der Waals surface area contributed by atoms with Crippen LogP contribution in [0.25, 0.3) is 0 Å². The molecule has 3 atom stereocenters. The summed E-state index contributed by atoms with van der Waals surface area (Å²) in [5, 5.41) is 9.25. The lowest BCUT2D eigenvalue weighted by Gasteiger charge is -2.29. The zero-order valence-corrected chi connectivity index (χ0v) is 10.7. The SMILES string of the molecule is CC1CCCN1CCC1CCCC1(N)C(=O)O. The normalized spacial score (nSPS) is 38.7. The molecule has 0 radical (unpaired) electrons. The first kappa shape index (κ1) is 12.8. The number of nitrogens with two attached hydrogens (primary N) is 1. The van der Waals surface area contributed by atoms with E-state index in [1.165, 1.54) is 19.4 Å². The second-order valence-electron chi connectivity index (χ2n) is 5.75. The average molecular weight is 240 g/mol. The molecule has 3 N–H and O–H groups in total. The molecule has 2 rings (SSSR count). The molecule has 0 aromatic rings. The lowest BCUT2D eigenvalue weighted by Crippen LogP contribution is -2.51. The molecule has 4 heteroatoms. The smallest absolute Gasteiger partial charge is 0.323 e. The second-order valence-corrected chi connectivity index (χ2v) is 5.75. The van der Waals surface area contributed by atoms with Gasteiger partial charge in [-0.3, -0.25) is 4.79 Å². The summed E-state index contributed by atoms with van der Waals surface area (Å²) in [6.07, 6.45) is 6.07. The molecule has 2 fully saturated rings. The third-order valence-electron chi connectivity index (χ3n) is 4.73. The number of rotatable bonds is 4. The van der Waals surface area contributed by atoms with E-state index in [0.717, 1.165) is 25.8 Å². The lowest BCUT2D eigenvalue weighted by atomic mass is 9.85. The van der Waals surface area contributed by atoms with Crippen molar-refractivity contribution in [3.05, 3.63) is 0 Å². The number of hydrogen-bond acceptors (Lipinski definition) is 3. The molecule has 1 aliphatic carbocycles. The third-order valence-corrected chi connectivity index (χ3v) is 4.73. The van der Waals surface area contributed by atoms with Gasteiger partial charge >= 0.3 is 5.97 Å². The highest BCUT2D eigenvalue weighted by Crippen LogP contribution is 2.36. The maximum atomic E-state index is 11.3. The number of nitrogens with zero attached hydrogens (tertiary/aromatic N) is 1. The molecule has 1 heterocycles. The van der Waals surface area contributed by atoms with Crippen LogP contribution in [0.15, 0.2) is 0 Å². The molecular weight excluding hydrogens is 216 g/mol. The Morgan fingerprint density at radius 3 is 2.82 bits per heavy atom. The topological polar surface area (TPSA) is 66.6 Å². The van der Waals surface area contributed by atoms with Gasteiger partial charge in [-0.1, -0.05) is 6.42 Å². The number of carbonyl (C=O) groups is 1. The Morgan fingerprint density at radius 2 is 2.24 bits per heavy atom. The minimum absolute atomic E-state index is 0.160. The molecule has 3 unspecified atom stereocenters. The quantitative estimate of drug-likeness (QED) is 0.780. The van der Waals surface area contributed by atoms with Crippen molar-refractivity contribution in [2.24, 2.45) is 11.7 Å². The van der Waals surface area contributed by atoms with E-state index < -0.39 is 11.5 Å². The van der Waals surface area contributed by atoms with Crippen molar-refractivity contribution in [1.29, 1.82) is 0 Å². The van der Waals surface area contributed by atoms with E-state index in [1.807, 2.05) is 0 Å². The number of carboxylic acids is 1. The van der Waals surface area contributed by atoms with Gasteiger partial charge in [0.05, 0.1) is 0 Å². The number of aliphatic carboxylic acids is 1. The molecule has 0 aromatic carbocycles. The van der Waals surface area contributed by atoms with Gasteiger partial charge in [0.2, 0.25) is 0 Å². The van der Waals surface area contributed by atoms with Crippen LogP contribution >= 0.6 is 0 Å². The van der Waals surface area contributed by atoms with Crippen molar-refractivity contribution in [2.75, 3.05) is 13.1 Å². The summed E-state index contributed by atoms with van der Waals surface area (Å²) in [7, 11) is 0. The van der Waals surface area contributed by atoms with Crippen molar-refractivity contribution in [3.8, 4) is 0 Å². The second kappa shape index (κ2) is 4.94. The zero-order valence-electron chi connectivity index (χ0n) is 10.7. The van der Waals surface area contributed by atoms with Crippen LogP contribution in [0.4, 0.5) is 0 Å². The summed E-state index contributed by atoms with van der Waals surface area (Å²) in [5.41, 5.74) is 5.09. The molecule has 4 nitrogen and oxygen atoms in total. The van der Waals surface area contributed by atoms with Gasteiger partial charge in [0, 0.05) is 6.04 Å². The predicted molar refractivity (Wildman–Crippen MR) is 66.8 cm³/mol. The van der Waals surface area contributed by atoms with Gasteiger partial charge in [0.1, 0.15) is 5.54 Å². The Balaban J connectivity index is 1.88. The summed E-state index contributed by atoms with van der Waals surface area (Å²) in [5.74, 6) is -0.651. The molecule has 98 valence electrons. The lowest BCUT2D eigenvalue weighted by molar-refractivity contribution is -0.144. The Morgan fingerprint density at radius 1 is 1.47 bits per heavy atom. The summed E-state index contributed by atoms with van der Waals surface area (Å²) < 4.78 is 0. The molecule has 1 saturated carbocycles. The molecule has 17 heavy (non-hydrogen) atoms. The minimum atomic E-state index is -0.955. The largest absolute Gasteiger partial charge is 0.480 e. The van der Waals surface area contributed by atoms with Gasteiger partial charge in [-0.2, -0.15) is 0 Å². The van der Waals surface area contributed by atoms with Crippen molar-refractivity contribution < 1.29 is 9.90 Å². The van der Waals surface area contributed by atoms with Crippen LogP contribution in [0.5, 0.6) is 0 Å². The highest BCUT2D eigenvalue weighted by atomic mass is 16.4. The Labute approximate surface area is 103 Å². The van der Waals surface area contributed by atoms with Crippen LogP contribution in [0, 0.1) is 5.92 Å². The fourth-order valence-corrected chi connectivity index (χ4v) is 3.43. The highest BCUT2D eigenvalue weighted by molar-refractivity contribution is 5.79. The van der Waals surface area contributed by atoms with Crippen molar-refractivity contribution >= 4 is 5.97 Å². The number of hydrogen-bond donors (Lipinski definition) is 2. The van der Waals surface area contributed by atoms with Crippen LogP contribution < -0.4 is 5.73 Å². The van der Waals surface area contributed by atoms with Gasteiger partial charge in [0.15, 0.2) is 0 Å². The third kappa shape index (κ3) is 2.47. The highest BCUT2D eigenvalue weighted by Gasteiger charge is 2.45. The van der Waals surface area contributed by atoms with E-state index in [1.54, 1.807) is 0 Å². The van der Waals surface area contributed by atoms with Gasteiger partial charge in [-0.25, -0.2) is 0 Å². The van der Waals surface area contributed by atoms with Gasteiger partial charge in [0.25, 0.3) is 0 Å². The van der Waals surface area contributed by atoms with Gasteiger partial charge < -0.3 is 15.7 Å². The van der Waals surface area contributed by atoms with Crippen LogP contribution in [0.2, 0.25) is 0 Å². The van der Waals surface area contributed by atoms with E-state index in [2.05, 4.69) is 11.8 Å². The van der Waals surface area contributed by atoms with Crippen molar-refractivity contribution in [2.45, 2.75) is 57.0 Å². The first-order valence-corrected chi connectivity index (χ1v) is 6.80. The minimum Gasteiger partial charge on any atom is -0.480 e. The predicted octanol–water partition coefficient (Wildman–Crippen LogP) is 1.44. The van der Waals surface area contributed by atoms with Crippen molar-refractivity contribution in [3.63, 3.8) is 0 Å². The maximum absolute atomic E-state index is 11.3. The molecule has 0 spiro atoms. The van der Waals surface area contributed by atoms with Gasteiger partial charge in [-0.05, 0) is 58.0 Å². The number of carboxylic acid groups (broad SMARTS) is 1. The Kier molecular flexibility index (Phi) is 3.73. The fraction of sp³-hybridized carbons (Fsp3) is 0.923. The fourth-order valence-electron chi connectivity index (χ4n) is 3.43. The summed E-state index contributed by atoms with van der Waals surface area (Å²) in [6.45, 7) is 4.44. The van der Waals surface area contributed by atoms with E-state index in [-0.39, 0.29) is 5.92 Å². The Bertz CT molecular complexity index is 295. The first-order valence-electron chi connectivity index (χ1n) is 6.80. The molecule has 1 saturated heterocycles. The zero-order chi connectivity index (χ0) is 12.5. The van der Waals surface area contributed by atoms with E-state index in [9.17, 15) is 9.90 Å². The molecule has 2 aliphatic rings. The van der Waals surface area contributed by atoms with Crippen molar-refractivity contribution in [1.82, 2.24) is 4.90 Å². The van der Waals surface area contributed by atoms with Gasteiger partial charge in [-0.15, -0.1) is 0 Å². The van der Waals surface area contributed by atoms with Crippen LogP contribution in [-0.4, -0.2) is 40.6 Å². The number of likely N-dealkylation sites (tertiary alicyclic amines) is 1. The van der Waals surface area contributed by atoms with Crippen LogP contribution in [0.1, 0.15) is 45.4 Å². The summed E-state index contributed by atoms with van der Waals surface area (Å²) >= 11 is 0. The Hall–Kier alpha value is -0.610. The average Bonchev–Trinajstić information content (AvgIpc) is 2.83. The summed E-state index contributed by atoms with van der Waals surface area (Å²) in [4.78, 5) is 13.7. The van der Waals surface area contributed by atoms with E-state index >= 15 is 0 Å². The van der Waals surface area contributed by atoms with Crippen LogP contribution in [0.3, 0.4) is 0 Å². The standard InChI is InChI=1S/C13H24N2O2/c1-10-4-3-8-15(10)9-6-11-5-2-7-13(11,14)12(16)17/h10-11H,2-9,14H2,1H3,(H,16,17). The monoisotopic (exact) mass is 240 g/mol. The van der Waals surface area contributed by atoms with Crippen LogP contribution in [-0.2, 0) is 4.79 Å². The molecule has 0 aromatic heterocycles. The molecule has 0 amide bonds. The summed E-state index contributed by atoms with van der Waals surface area (Å²) in [6, 6.07) is 0.661.